The van der Waals surface area contributed by atoms with Crippen LogP contribution in [0.1, 0.15) is 51.1 Å². The Morgan fingerprint density at radius 3 is 2.33 bits per heavy atom. The highest BCUT2D eigenvalue weighted by Gasteiger charge is 2.32. The van der Waals surface area contributed by atoms with Gasteiger partial charge in [0.2, 0.25) is 0 Å². The summed E-state index contributed by atoms with van der Waals surface area (Å²) in [5.41, 5.74) is -0.386. The first kappa shape index (κ1) is 26.0. The molecule has 0 unspecified atom stereocenters. The summed E-state index contributed by atoms with van der Waals surface area (Å²) in [5.74, 6) is -2.00. The van der Waals surface area contributed by atoms with Crippen molar-refractivity contribution in [2.45, 2.75) is 32.4 Å². The first-order chi connectivity index (χ1) is 16.9. The van der Waals surface area contributed by atoms with Gasteiger partial charge >= 0.3 is 12.1 Å². The number of halogens is 5. The molecule has 2 aromatic carbocycles. The van der Waals surface area contributed by atoms with Gasteiger partial charge in [0.15, 0.2) is 0 Å². The lowest BCUT2D eigenvalue weighted by molar-refractivity contribution is -0.139. The molecule has 1 saturated heterocycles. The van der Waals surface area contributed by atoms with Gasteiger partial charge in [-0.3, -0.25) is 19.0 Å². The molecule has 6 nitrogen and oxygen atoms in total. The molecule has 3 aromatic rings. The van der Waals surface area contributed by atoms with Crippen molar-refractivity contribution in [1.82, 2.24) is 9.47 Å². The summed E-state index contributed by atoms with van der Waals surface area (Å²) < 4.78 is 40.8. The molecule has 190 valence electrons. The van der Waals surface area contributed by atoms with Crippen molar-refractivity contribution in [2.24, 2.45) is 5.92 Å². The van der Waals surface area contributed by atoms with E-state index >= 15 is 0 Å². The third-order valence-electron chi connectivity index (χ3n) is 6.42. The van der Waals surface area contributed by atoms with Crippen molar-refractivity contribution >= 4 is 51.9 Å². The maximum absolute atomic E-state index is 13.5. The fraction of sp³-hybridized carbons (Fsp3) is 0.320. The van der Waals surface area contributed by atoms with E-state index in [-0.39, 0.29) is 50.0 Å². The topological polar surface area (TPSA) is 79.6 Å². The Morgan fingerprint density at radius 1 is 1.06 bits per heavy atom. The van der Waals surface area contributed by atoms with Gasteiger partial charge in [-0.15, -0.1) is 0 Å². The number of carboxylic acids is 1. The Morgan fingerprint density at radius 2 is 1.72 bits per heavy atom. The number of aliphatic carboxylic acids is 1. The number of aromatic nitrogens is 1. The van der Waals surface area contributed by atoms with Gasteiger partial charge in [0, 0.05) is 31.1 Å². The maximum Gasteiger partial charge on any atom is 0.416 e. The number of amides is 1. The van der Waals surface area contributed by atoms with Crippen molar-refractivity contribution in [3.8, 4) is 0 Å². The second kappa shape index (κ2) is 9.78. The van der Waals surface area contributed by atoms with Crippen LogP contribution in [0, 0.1) is 12.8 Å². The van der Waals surface area contributed by atoms with E-state index in [4.69, 9.17) is 28.3 Å². The number of likely N-dealkylation sites (tertiary alicyclic amines) is 1. The minimum absolute atomic E-state index is 0.00636. The number of carboxylic acid groups (broad SMARTS) is 1. The van der Waals surface area contributed by atoms with E-state index in [1.165, 1.54) is 35.9 Å². The van der Waals surface area contributed by atoms with Crippen LogP contribution < -0.4 is 0 Å². The zero-order valence-electron chi connectivity index (χ0n) is 19.0. The molecule has 0 saturated carbocycles. The second-order valence-corrected chi connectivity index (χ2v) is 9.62. The van der Waals surface area contributed by atoms with Crippen molar-refractivity contribution in [1.29, 1.82) is 0 Å². The first-order valence-corrected chi connectivity index (χ1v) is 11.9. The lowest BCUT2D eigenvalue weighted by Crippen LogP contribution is -2.39. The van der Waals surface area contributed by atoms with Crippen LogP contribution >= 0.6 is 23.2 Å². The molecule has 0 atom stereocenters. The highest BCUT2D eigenvalue weighted by molar-refractivity contribution is 6.41. The van der Waals surface area contributed by atoms with Crippen LogP contribution in [0.25, 0.3) is 10.9 Å². The number of nitrogens with zero attached hydrogens (tertiary/aromatic N) is 2. The average molecular weight is 541 g/mol. The average Bonchev–Trinajstić information content (AvgIpc) is 3.23. The van der Waals surface area contributed by atoms with E-state index in [1.54, 1.807) is 4.90 Å². The van der Waals surface area contributed by atoms with Crippen LogP contribution in [0.4, 0.5) is 13.2 Å². The molecule has 0 spiro atoms. The van der Waals surface area contributed by atoms with Crippen LogP contribution in [-0.2, 0) is 11.0 Å². The summed E-state index contributed by atoms with van der Waals surface area (Å²) >= 11 is 12.8. The van der Waals surface area contributed by atoms with Crippen molar-refractivity contribution in [3.63, 3.8) is 0 Å². The van der Waals surface area contributed by atoms with Gasteiger partial charge in [-0.1, -0.05) is 23.2 Å². The molecule has 11 heteroatoms. The molecule has 1 aliphatic rings. The number of hydrogen-bond donors (Lipinski definition) is 1. The molecule has 4 rings (SSSR count). The molecule has 1 amide bonds. The molecule has 1 N–H and O–H groups in total. The molecule has 36 heavy (non-hydrogen) atoms. The van der Waals surface area contributed by atoms with Gasteiger partial charge < -0.3 is 10.0 Å². The molecule has 2 heterocycles. The van der Waals surface area contributed by atoms with Crippen molar-refractivity contribution in [2.75, 3.05) is 13.1 Å². The van der Waals surface area contributed by atoms with E-state index < -0.39 is 29.5 Å². The normalized spacial score (nSPS) is 14.9. The summed E-state index contributed by atoms with van der Waals surface area (Å²) in [6.07, 6.45) is -2.09. The van der Waals surface area contributed by atoms with E-state index in [1.807, 2.05) is 0 Å². The van der Waals surface area contributed by atoms with Gasteiger partial charge in [-0.25, -0.2) is 0 Å². The summed E-state index contributed by atoms with van der Waals surface area (Å²) in [6, 6.07) is 6.12. The zero-order chi connectivity index (χ0) is 26.4. The Bertz CT molecular complexity index is 1380. The smallest absolute Gasteiger partial charge is 0.416 e. The largest absolute Gasteiger partial charge is 0.481 e. The highest BCUT2D eigenvalue weighted by Crippen LogP contribution is 2.35. The molecule has 1 aromatic heterocycles. The van der Waals surface area contributed by atoms with Crippen LogP contribution in [0.15, 0.2) is 36.5 Å². The fourth-order valence-electron chi connectivity index (χ4n) is 4.62. The fourth-order valence-corrected chi connectivity index (χ4v) is 5.23. The lowest BCUT2D eigenvalue weighted by Gasteiger charge is -2.31. The molecule has 1 aliphatic heterocycles. The van der Waals surface area contributed by atoms with Crippen molar-refractivity contribution in [3.05, 3.63) is 68.8 Å². The number of aryl methyl sites for hydroxylation is 1. The summed E-state index contributed by atoms with van der Waals surface area (Å²) in [4.78, 5) is 39.2. The molecule has 0 bridgehead atoms. The van der Waals surface area contributed by atoms with Gasteiger partial charge in [-0.05, 0) is 61.6 Å². The van der Waals surface area contributed by atoms with E-state index in [2.05, 4.69) is 0 Å². The summed E-state index contributed by atoms with van der Waals surface area (Å²) in [7, 11) is 0. The first-order valence-electron chi connectivity index (χ1n) is 11.1. The van der Waals surface area contributed by atoms with E-state index in [0.717, 1.165) is 12.1 Å². The number of piperidine rings is 1. The van der Waals surface area contributed by atoms with Gasteiger partial charge in [0.05, 0.1) is 32.3 Å². The molecule has 0 aliphatic carbocycles. The molecular formula is C25H21Cl2F3N2O4. The predicted molar refractivity (Wildman–Crippen MR) is 129 cm³/mol. The van der Waals surface area contributed by atoms with Gasteiger partial charge in [0.25, 0.3) is 11.8 Å². The quantitative estimate of drug-likeness (QED) is 0.421. The monoisotopic (exact) mass is 540 g/mol. The SMILES string of the molecule is Cc1cc(C(F)(F)F)cc2ccn(C(=O)c3c(Cl)ccc(C(=O)N4CCC(CC(=O)O)CC4)c3Cl)c12. The van der Waals surface area contributed by atoms with Crippen LogP contribution in [0.3, 0.4) is 0 Å². The number of carbonyl (C=O) groups excluding carboxylic acids is 2. The molecule has 0 radical (unpaired) electrons. The molecular weight excluding hydrogens is 520 g/mol. The number of alkyl halides is 3. The minimum atomic E-state index is -4.53. The standard InChI is InChI=1S/C25H21Cl2F3N2O4/c1-13-10-16(25(28,29)30)12-15-6-9-32(22(13)15)24(36)20-18(26)3-2-17(21(20)27)23(35)31-7-4-14(5-8-31)11-19(33)34/h2-3,6,9-10,12,14H,4-5,7-8,11H2,1H3,(H,33,34). The van der Waals surface area contributed by atoms with Gasteiger partial charge in [0.1, 0.15) is 0 Å². The predicted octanol–water partition coefficient (Wildman–Crippen LogP) is 6.29. The second-order valence-electron chi connectivity index (χ2n) is 8.84. The maximum atomic E-state index is 13.5. The lowest BCUT2D eigenvalue weighted by atomic mass is 9.93. The van der Waals surface area contributed by atoms with Crippen LogP contribution in [-0.4, -0.2) is 45.4 Å². The summed E-state index contributed by atoms with van der Waals surface area (Å²) in [5, 5.41) is 9.04. The summed E-state index contributed by atoms with van der Waals surface area (Å²) in [6.45, 7) is 2.17. The number of hydrogen-bond acceptors (Lipinski definition) is 3. The number of benzene rings is 2. The van der Waals surface area contributed by atoms with Crippen LogP contribution in [0.2, 0.25) is 10.0 Å². The van der Waals surface area contributed by atoms with Crippen molar-refractivity contribution < 1.29 is 32.7 Å². The van der Waals surface area contributed by atoms with Gasteiger partial charge in [-0.2, -0.15) is 13.2 Å². The van der Waals surface area contributed by atoms with E-state index in [9.17, 15) is 27.6 Å². The third-order valence-corrected chi connectivity index (χ3v) is 7.13. The van der Waals surface area contributed by atoms with Crippen LogP contribution in [0.5, 0.6) is 0 Å². The number of carbonyl (C=O) groups is 3. The Labute approximate surface area is 214 Å². The Kier molecular flexibility index (Phi) is 7.07. The Hall–Kier alpha value is -3.04. The molecule has 1 fully saturated rings. The Balaban J connectivity index is 1.66. The third kappa shape index (κ3) is 4.95. The zero-order valence-corrected chi connectivity index (χ0v) is 20.5. The minimum Gasteiger partial charge on any atom is -0.481 e. The van der Waals surface area contributed by atoms with E-state index in [0.29, 0.717) is 25.9 Å². The number of rotatable bonds is 4. The highest BCUT2D eigenvalue weighted by atomic mass is 35.5. The number of fused-ring (bicyclic) bond motifs is 1.